The SMILES string of the molecule is NC(=O)OC(N)[C@@H](CC[OH2+])OC(N)=O. The zero-order valence-corrected chi connectivity index (χ0v) is 7.43. The molecule has 0 aliphatic carbocycles. The molecule has 0 rings (SSSR count). The molecule has 0 aromatic rings. The van der Waals surface area contributed by atoms with Gasteiger partial charge < -0.3 is 26.0 Å². The minimum atomic E-state index is -1.20. The zero-order chi connectivity index (χ0) is 11.1. The number of primary amides is 2. The van der Waals surface area contributed by atoms with Gasteiger partial charge in [0.05, 0.1) is 6.42 Å². The Bertz CT molecular complexity index is 210. The molecule has 8 nitrogen and oxygen atoms in total. The molecule has 82 valence electrons. The van der Waals surface area contributed by atoms with Crippen molar-refractivity contribution in [3.05, 3.63) is 0 Å². The average molecular weight is 208 g/mol. The highest BCUT2D eigenvalue weighted by molar-refractivity contribution is 5.65. The molecular formula is C6H14N3O5+. The van der Waals surface area contributed by atoms with Gasteiger partial charge in [-0.1, -0.05) is 0 Å². The maximum absolute atomic E-state index is 10.4. The second-order valence-corrected chi connectivity index (χ2v) is 2.42. The van der Waals surface area contributed by atoms with Crippen LogP contribution in [0.25, 0.3) is 0 Å². The molecule has 0 aliphatic rings. The highest BCUT2D eigenvalue weighted by Crippen LogP contribution is 2.03. The highest BCUT2D eigenvalue weighted by Gasteiger charge is 2.24. The first-order valence-electron chi connectivity index (χ1n) is 3.79. The third-order valence-corrected chi connectivity index (χ3v) is 1.32. The van der Waals surface area contributed by atoms with E-state index in [0.29, 0.717) is 0 Å². The Kier molecular flexibility index (Phi) is 5.34. The summed E-state index contributed by atoms with van der Waals surface area (Å²) in [4.78, 5) is 20.7. The van der Waals surface area contributed by atoms with Crippen LogP contribution in [0.5, 0.6) is 0 Å². The van der Waals surface area contributed by atoms with E-state index in [1.165, 1.54) is 0 Å². The van der Waals surface area contributed by atoms with Crippen molar-refractivity contribution in [2.24, 2.45) is 17.2 Å². The van der Waals surface area contributed by atoms with E-state index in [4.69, 9.17) is 22.3 Å². The highest BCUT2D eigenvalue weighted by atomic mass is 16.6. The third kappa shape index (κ3) is 5.17. The summed E-state index contributed by atoms with van der Waals surface area (Å²) >= 11 is 0. The second-order valence-electron chi connectivity index (χ2n) is 2.42. The van der Waals surface area contributed by atoms with E-state index < -0.39 is 24.5 Å². The predicted molar refractivity (Wildman–Crippen MR) is 46.2 cm³/mol. The minimum Gasteiger partial charge on any atom is -0.445 e. The van der Waals surface area contributed by atoms with Crippen LogP contribution >= 0.6 is 0 Å². The molecule has 0 saturated carbocycles. The molecule has 0 heterocycles. The third-order valence-electron chi connectivity index (χ3n) is 1.32. The number of carbonyl (C=O) groups is 2. The summed E-state index contributed by atoms with van der Waals surface area (Å²) in [5.41, 5.74) is 14.8. The zero-order valence-electron chi connectivity index (χ0n) is 7.43. The molecule has 0 spiro atoms. The van der Waals surface area contributed by atoms with E-state index in [9.17, 15) is 9.59 Å². The summed E-state index contributed by atoms with van der Waals surface area (Å²) in [5.74, 6) is 0. The van der Waals surface area contributed by atoms with Crippen LogP contribution in [-0.2, 0) is 9.47 Å². The summed E-state index contributed by atoms with van der Waals surface area (Å²) in [5, 5.41) is 6.89. The Morgan fingerprint density at radius 1 is 1.21 bits per heavy atom. The lowest BCUT2D eigenvalue weighted by Crippen LogP contribution is -2.44. The fourth-order valence-corrected chi connectivity index (χ4v) is 0.792. The van der Waals surface area contributed by atoms with Gasteiger partial charge >= 0.3 is 12.2 Å². The van der Waals surface area contributed by atoms with Crippen molar-refractivity contribution in [1.82, 2.24) is 0 Å². The number of hydrogen-bond acceptors (Lipinski definition) is 5. The number of nitrogens with two attached hydrogens (primary N) is 3. The van der Waals surface area contributed by atoms with Gasteiger partial charge in [0.2, 0.25) is 0 Å². The van der Waals surface area contributed by atoms with Gasteiger partial charge in [0.25, 0.3) is 0 Å². The fraction of sp³-hybridized carbons (Fsp3) is 0.667. The first kappa shape index (κ1) is 12.5. The number of carbonyl (C=O) groups excluding carboxylic acids is 2. The lowest BCUT2D eigenvalue weighted by molar-refractivity contribution is -0.0110. The predicted octanol–water partition coefficient (Wildman–Crippen LogP) is -2.05. The van der Waals surface area contributed by atoms with Crippen molar-refractivity contribution < 1.29 is 24.2 Å². The Morgan fingerprint density at radius 3 is 2.07 bits per heavy atom. The molecule has 2 atom stereocenters. The molecule has 14 heavy (non-hydrogen) atoms. The fourth-order valence-electron chi connectivity index (χ4n) is 0.792. The quantitative estimate of drug-likeness (QED) is 0.350. The lowest BCUT2D eigenvalue weighted by atomic mass is 10.2. The standard InChI is InChI=1S/C6H13N3O5/c7-4(14-6(9)12)3(1-2-10)13-5(8)11/h3-4,10H,1-2,7H2,(H2,8,11)(H2,9,12)/p+1/t3-,4?/m1/s1. The molecule has 8 heteroatoms. The summed E-state index contributed by atoms with van der Waals surface area (Å²) < 4.78 is 8.88. The summed E-state index contributed by atoms with van der Waals surface area (Å²) in [6.45, 7) is -0.0478. The lowest BCUT2D eigenvalue weighted by Gasteiger charge is -2.20. The monoisotopic (exact) mass is 208 g/mol. The van der Waals surface area contributed by atoms with Gasteiger partial charge in [0, 0.05) is 0 Å². The van der Waals surface area contributed by atoms with Crippen LogP contribution in [0.1, 0.15) is 6.42 Å². The normalized spacial score (nSPS) is 14.1. The maximum atomic E-state index is 10.4. The number of ether oxygens (including phenoxy) is 2. The summed E-state index contributed by atoms with van der Waals surface area (Å²) in [7, 11) is 0. The van der Waals surface area contributed by atoms with Gasteiger partial charge in [0.1, 0.15) is 6.61 Å². The van der Waals surface area contributed by atoms with Crippen LogP contribution in [0.15, 0.2) is 0 Å². The maximum Gasteiger partial charge on any atom is 0.406 e. The van der Waals surface area contributed by atoms with E-state index >= 15 is 0 Å². The summed E-state index contributed by atoms with van der Waals surface area (Å²) in [6.07, 6.45) is -4.17. The van der Waals surface area contributed by atoms with Gasteiger partial charge in [-0.25, -0.2) is 9.59 Å². The molecule has 0 bridgehead atoms. The first-order valence-corrected chi connectivity index (χ1v) is 3.79. The van der Waals surface area contributed by atoms with Gasteiger partial charge in [-0.15, -0.1) is 0 Å². The van der Waals surface area contributed by atoms with E-state index in [2.05, 4.69) is 9.47 Å². The molecule has 0 fully saturated rings. The van der Waals surface area contributed by atoms with Crippen molar-refractivity contribution in [3.8, 4) is 0 Å². The smallest absolute Gasteiger partial charge is 0.406 e. The minimum absolute atomic E-state index is 0.0478. The Hall–Kier alpha value is -1.54. The van der Waals surface area contributed by atoms with E-state index in [1.807, 2.05) is 0 Å². The van der Waals surface area contributed by atoms with E-state index in [-0.39, 0.29) is 13.0 Å². The molecule has 0 aliphatic heterocycles. The largest absolute Gasteiger partial charge is 0.445 e. The van der Waals surface area contributed by atoms with Crippen molar-refractivity contribution in [2.75, 3.05) is 6.61 Å². The van der Waals surface area contributed by atoms with Crippen molar-refractivity contribution >= 4 is 12.2 Å². The number of hydrogen-bond donors (Lipinski definition) is 3. The Morgan fingerprint density at radius 2 is 1.71 bits per heavy atom. The molecule has 0 aromatic carbocycles. The van der Waals surface area contributed by atoms with E-state index in [1.54, 1.807) is 0 Å². The second kappa shape index (κ2) is 6.00. The molecule has 1 unspecified atom stereocenters. The van der Waals surface area contributed by atoms with E-state index in [0.717, 1.165) is 0 Å². The molecule has 0 aromatic heterocycles. The Labute approximate surface area is 79.9 Å². The van der Waals surface area contributed by atoms with Crippen LogP contribution in [0, 0.1) is 0 Å². The number of rotatable bonds is 5. The summed E-state index contributed by atoms with van der Waals surface area (Å²) in [6, 6.07) is 0. The van der Waals surface area contributed by atoms with Gasteiger partial charge in [0.15, 0.2) is 12.3 Å². The molecule has 8 N–H and O–H groups in total. The van der Waals surface area contributed by atoms with Crippen molar-refractivity contribution in [2.45, 2.75) is 18.8 Å². The topological polar surface area (TPSA) is 154 Å². The van der Waals surface area contributed by atoms with Gasteiger partial charge in [-0.3, -0.25) is 5.73 Å². The molecule has 0 saturated heterocycles. The van der Waals surface area contributed by atoms with Gasteiger partial charge in [-0.05, 0) is 0 Å². The van der Waals surface area contributed by atoms with Gasteiger partial charge in [-0.2, -0.15) is 0 Å². The molecule has 2 amide bonds. The van der Waals surface area contributed by atoms with Crippen LogP contribution in [0.2, 0.25) is 0 Å². The van der Waals surface area contributed by atoms with Crippen LogP contribution < -0.4 is 17.2 Å². The first-order chi connectivity index (χ1) is 6.47. The number of amides is 2. The van der Waals surface area contributed by atoms with Crippen molar-refractivity contribution in [3.63, 3.8) is 0 Å². The van der Waals surface area contributed by atoms with Crippen molar-refractivity contribution in [1.29, 1.82) is 0 Å². The molecule has 0 radical (unpaired) electrons. The van der Waals surface area contributed by atoms with Crippen LogP contribution in [0.3, 0.4) is 0 Å². The average Bonchev–Trinajstić information content (AvgIpc) is 2.01. The molecular weight excluding hydrogens is 194 g/mol. The Balaban J connectivity index is 4.16. The van der Waals surface area contributed by atoms with Crippen LogP contribution in [0.4, 0.5) is 9.59 Å². The van der Waals surface area contributed by atoms with Crippen LogP contribution in [-0.4, -0.2) is 36.2 Å².